The number of aromatic nitrogens is 2. The van der Waals surface area contributed by atoms with Gasteiger partial charge < -0.3 is 10.2 Å². The highest BCUT2D eigenvalue weighted by Crippen LogP contribution is 2.39. The predicted molar refractivity (Wildman–Crippen MR) is 63.7 cm³/mol. The van der Waals surface area contributed by atoms with Crippen molar-refractivity contribution in [3.05, 3.63) is 17.5 Å². The van der Waals surface area contributed by atoms with E-state index in [0.29, 0.717) is 19.0 Å². The van der Waals surface area contributed by atoms with Crippen LogP contribution in [0, 0.1) is 0 Å². The molecule has 0 spiro atoms. The second kappa shape index (κ2) is 4.05. The van der Waals surface area contributed by atoms with Crippen molar-refractivity contribution in [2.45, 2.75) is 38.8 Å². The molecule has 5 heteroatoms. The van der Waals surface area contributed by atoms with E-state index in [1.165, 1.54) is 24.2 Å². The SMILES string of the molecule is CCNC(=O)N1CCn2nc(C3CC3)cc2C1. The molecule has 2 heterocycles. The third-order valence-corrected chi connectivity index (χ3v) is 3.43. The first kappa shape index (κ1) is 10.6. The van der Waals surface area contributed by atoms with Crippen molar-refractivity contribution in [3.63, 3.8) is 0 Å². The van der Waals surface area contributed by atoms with Crippen molar-refractivity contribution in [2.24, 2.45) is 0 Å². The largest absolute Gasteiger partial charge is 0.338 e. The Bertz CT molecular complexity index is 436. The van der Waals surface area contributed by atoms with E-state index in [1.807, 2.05) is 11.8 Å². The first-order chi connectivity index (χ1) is 8.28. The molecule has 1 aromatic rings. The van der Waals surface area contributed by atoms with Crippen LogP contribution in [0.5, 0.6) is 0 Å². The van der Waals surface area contributed by atoms with Crippen LogP contribution in [0.2, 0.25) is 0 Å². The van der Waals surface area contributed by atoms with Gasteiger partial charge in [-0.15, -0.1) is 0 Å². The Morgan fingerprint density at radius 1 is 1.53 bits per heavy atom. The molecule has 1 aliphatic carbocycles. The van der Waals surface area contributed by atoms with Gasteiger partial charge in [-0.25, -0.2) is 4.79 Å². The van der Waals surface area contributed by atoms with E-state index in [9.17, 15) is 4.79 Å². The second-order valence-corrected chi connectivity index (χ2v) is 4.81. The molecule has 1 saturated carbocycles. The van der Waals surface area contributed by atoms with Gasteiger partial charge in [0.25, 0.3) is 0 Å². The maximum absolute atomic E-state index is 11.7. The summed E-state index contributed by atoms with van der Waals surface area (Å²) < 4.78 is 2.06. The summed E-state index contributed by atoms with van der Waals surface area (Å²) in [5, 5.41) is 7.46. The molecule has 1 fully saturated rings. The van der Waals surface area contributed by atoms with Gasteiger partial charge in [0.2, 0.25) is 0 Å². The highest BCUT2D eigenvalue weighted by molar-refractivity contribution is 5.74. The smallest absolute Gasteiger partial charge is 0.317 e. The van der Waals surface area contributed by atoms with Crippen LogP contribution in [0.1, 0.15) is 37.1 Å². The van der Waals surface area contributed by atoms with E-state index in [2.05, 4.69) is 21.2 Å². The molecule has 92 valence electrons. The molecule has 0 aromatic carbocycles. The third-order valence-electron chi connectivity index (χ3n) is 3.43. The van der Waals surface area contributed by atoms with Gasteiger partial charge in [0.1, 0.15) is 0 Å². The minimum Gasteiger partial charge on any atom is -0.338 e. The minimum absolute atomic E-state index is 0.0351. The zero-order valence-corrected chi connectivity index (χ0v) is 10.1. The quantitative estimate of drug-likeness (QED) is 0.838. The normalized spacial score (nSPS) is 19.0. The summed E-state index contributed by atoms with van der Waals surface area (Å²) in [6, 6.07) is 2.20. The molecule has 1 N–H and O–H groups in total. The van der Waals surface area contributed by atoms with Crippen LogP contribution in [0.25, 0.3) is 0 Å². The maximum atomic E-state index is 11.7. The summed E-state index contributed by atoms with van der Waals surface area (Å²) in [7, 11) is 0. The first-order valence-corrected chi connectivity index (χ1v) is 6.37. The zero-order valence-electron chi connectivity index (χ0n) is 10.1. The number of amides is 2. The summed E-state index contributed by atoms with van der Waals surface area (Å²) in [5.41, 5.74) is 2.39. The molecular formula is C12H18N4O. The molecule has 1 aromatic heterocycles. The number of nitrogens with one attached hydrogen (secondary N) is 1. The molecule has 2 amide bonds. The third kappa shape index (κ3) is 2.01. The molecule has 0 saturated heterocycles. The van der Waals surface area contributed by atoms with Gasteiger partial charge in [0.05, 0.1) is 24.5 Å². The molecule has 0 radical (unpaired) electrons. The number of hydrogen-bond acceptors (Lipinski definition) is 2. The van der Waals surface area contributed by atoms with Gasteiger partial charge in [-0.3, -0.25) is 4.68 Å². The van der Waals surface area contributed by atoms with Gasteiger partial charge in [-0.2, -0.15) is 5.10 Å². The Balaban J connectivity index is 1.73. The Hall–Kier alpha value is -1.52. The summed E-state index contributed by atoms with van der Waals surface area (Å²) >= 11 is 0. The monoisotopic (exact) mass is 234 g/mol. The van der Waals surface area contributed by atoms with Gasteiger partial charge in [0.15, 0.2) is 0 Å². The van der Waals surface area contributed by atoms with Crippen LogP contribution in [0.4, 0.5) is 4.79 Å². The number of hydrogen-bond donors (Lipinski definition) is 1. The van der Waals surface area contributed by atoms with Crippen molar-refractivity contribution < 1.29 is 4.79 Å². The lowest BCUT2D eigenvalue weighted by atomic mass is 10.2. The van der Waals surface area contributed by atoms with Crippen molar-refractivity contribution in [2.75, 3.05) is 13.1 Å². The van der Waals surface area contributed by atoms with Crippen LogP contribution < -0.4 is 5.32 Å². The van der Waals surface area contributed by atoms with Crippen molar-refractivity contribution >= 4 is 6.03 Å². The summed E-state index contributed by atoms with van der Waals surface area (Å²) in [6.07, 6.45) is 2.55. The Morgan fingerprint density at radius 3 is 3.06 bits per heavy atom. The van der Waals surface area contributed by atoms with E-state index in [-0.39, 0.29) is 6.03 Å². The van der Waals surface area contributed by atoms with Gasteiger partial charge in [0, 0.05) is 19.0 Å². The highest BCUT2D eigenvalue weighted by Gasteiger charge is 2.29. The second-order valence-electron chi connectivity index (χ2n) is 4.81. The number of nitrogens with zero attached hydrogens (tertiary/aromatic N) is 3. The standard InChI is InChI=1S/C12H18N4O/c1-2-13-12(17)15-5-6-16-10(8-15)7-11(14-16)9-3-4-9/h7,9H,2-6,8H2,1H3,(H,13,17). The number of rotatable bonds is 2. The number of urea groups is 1. The summed E-state index contributed by atoms with van der Waals surface area (Å²) in [6.45, 7) is 4.88. The average molecular weight is 234 g/mol. The van der Waals surface area contributed by atoms with Crippen molar-refractivity contribution in [3.8, 4) is 0 Å². The molecule has 0 atom stereocenters. The lowest BCUT2D eigenvalue weighted by Gasteiger charge is -2.27. The Kier molecular flexibility index (Phi) is 2.53. The molecule has 1 aliphatic heterocycles. The van der Waals surface area contributed by atoms with Crippen LogP contribution in [0.15, 0.2) is 6.07 Å². The Morgan fingerprint density at radius 2 is 2.35 bits per heavy atom. The lowest BCUT2D eigenvalue weighted by molar-refractivity contribution is 0.181. The molecule has 2 aliphatic rings. The minimum atomic E-state index is 0.0351. The average Bonchev–Trinajstić information content (AvgIpc) is 3.08. The lowest BCUT2D eigenvalue weighted by Crippen LogP contribution is -2.44. The van der Waals surface area contributed by atoms with E-state index in [4.69, 9.17) is 0 Å². The molecular weight excluding hydrogens is 216 g/mol. The van der Waals surface area contributed by atoms with Crippen LogP contribution in [-0.2, 0) is 13.1 Å². The van der Waals surface area contributed by atoms with Gasteiger partial charge in [-0.1, -0.05) is 0 Å². The van der Waals surface area contributed by atoms with Crippen molar-refractivity contribution in [1.29, 1.82) is 0 Å². The zero-order chi connectivity index (χ0) is 11.8. The summed E-state index contributed by atoms with van der Waals surface area (Å²) in [4.78, 5) is 13.6. The van der Waals surface area contributed by atoms with Gasteiger partial charge in [-0.05, 0) is 25.8 Å². The number of fused-ring (bicyclic) bond motifs is 1. The first-order valence-electron chi connectivity index (χ1n) is 6.37. The van der Waals surface area contributed by atoms with E-state index in [1.54, 1.807) is 0 Å². The highest BCUT2D eigenvalue weighted by atomic mass is 16.2. The fourth-order valence-corrected chi connectivity index (χ4v) is 2.30. The number of carbonyl (C=O) groups is 1. The molecule has 0 bridgehead atoms. The molecule has 5 nitrogen and oxygen atoms in total. The van der Waals surface area contributed by atoms with E-state index < -0.39 is 0 Å². The molecule has 17 heavy (non-hydrogen) atoms. The number of carbonyl (C=O) groups excluding carboxylic acids is 1. The van der Waals surface area contributed by atoms with E-state index in [0.717, 1.165) is 13.1 Å². The predicted octanol–water partition coefficient (Wildman–Crippen LogP) is 1.31. The van der Waals surface area contributed by atoms with Crippen molar-refractivity contribution in [1.82, 2.24) is 20.0 Å². The van der Waals surface area contributed by atoms with Crippen LogP contribution in [-0.4, -0.2) is 33.8 Å². The van der Waals surface area contributed by atoms with Gasteiger partial charge >= 0.3 is 6.03 Å². The molecule has 0 unspecified atom stereocenters. The van der Waals surface area contributed by atoms with E-state index >= 15 is 0 Å². The fourth-order valence-electron chi connectivity index (χ4n) is 2.30. The van der Waals surface area contributed by atoms with Crippen LogP contribution >= 0.6 is 0 Å². The maximum Gasteiger partial charge on any atom is 0.317 e. The fraction of sp³-hybridized carbons (Fsp3) is 0.667. The topological polar surface area (TPSA) is 50.2 Å². The van der Waals surface area contributed by atoms with Crippen LogP contribution in [0.3, 0.4) is 0 Å². The Labute approximate surface area is 101 Å². The molecule has 3 rings (SSSR count). The summed E-state index contributed by atoms with van der Waals surface area (Å²) in [5.74, 6) is 0.686.